The molecular formula is C30H49N5O6. The zero-order chi connectivity index (χ0) is 30.0. The molecule has 2 saturated heterocycles. The number of carbonyl (C=O) groups is 5. The van der Waals surface area contributed by atoms with Gasteiger partial charge in [0.05, 0.1) is 12.6 Å². The summed E-state index contributed by atoms with van der Waals surface area (Å²) in [6, 6.07) is -1.54. The second kappa shape index (κ2) is 15.2. The van der Waals surface area contributed by atoms with Gasteiger partial charge in [0, 0.05) is 32.0 Å². The zero-order valence-corrected chi connectivity index (χ0v) is 25.0. The van der Waals surface area contributed by atoms with Crippen molar-refractivity contribution in [2.45, 2.75) is 109 Å². The van der Waals surface area contributed by atoms with Gasteiger partial charge in [0.25, 0.3) is 0 Å². The molecule has 4 atom stereocenters. The van der Waals surface area contributed by atoms with Crippen molar-refractivity contribution in [2.75, 3.05) is 26.2 Å². The SMILES string of the molecule is CCCCCC/C=C\C1C[C@]1(NC(=O)[C@@H]1CCCN1C(=O)CNC(=O)N[C@H](CN1CCCCC1=O)C(C)C)C(=O)O. The van der Waals surface area contributed by atoms with Crippen LogP contribution in [-0.2, 0) is 19.2 Å². The maximum absolute atomic E-state index is 13.2. The normalized spacial score (nSPS) is 24.9. The van der Waals surface area contributed by atoms with Crippen LogP contribution in [0, 0.1) is 11.8 Å². The fourth-order valence-corrected chi connectivity index (χ4v) is 5.75. The van der Waals surface area contributed by atoms with Gasteiger partial charge in [-0.25, -0.2) is 9.59 Å². The molecule has 0 spiro atoms. The number of unbranched alkanes of at least 4 members (excludes halogenated alkanes) is 4. The van der Waals surface area contributed by atoms with E-state index in [-0.39, 0.29) is 30.3 Å². The second-order valence-corrected chi connectivity index (χ2v) is 12.1. The molecule has 0 bridgehead atoms. The van der Waals surface area contributed by atoms with Gasteiger partial charge in [-0.1, -0.05) is 52.2 Å². The summed E-state index contributed by atoms with van der Waals surface area (Å²) in [5.74, 6) is -2.01. The van der Waals surface area contributed by atoms with Gasteiger partial charge >= 0.3 is 12.0 Å². The van der Waals surface area contributed by atoms with Crippen molar-refractivity contribution >= 4 is 29.7 Å². The quantitative estimate of drug-likeness (QED) is 0.174. The van der Waals surface area contributed by atoms with E-state index in [9.17, 15) is 29.1 Å². The Morgan fingerprint density at radius 3 is 2.56 bits per heavy atom. The molecule has 2 aliphatic heterocycles. The highest BCUT2D eigenvalue weighted by molar-refractivity contribution is 5.95. The third-order valence-electron chi connectivity index (χ3n) is 8.57. The van der Waals surface area contributed by atoms with E-state index >= 15 is 0 Å². The number of carboxylic acid groups (broad SMARTS) is 1. The number of aliphatic carboxylic acids is 1. The smallest absolute Gasteiger partial charge is 0.330 e. The molecule has 3 rings (SSSR count). The number of carboxylic acids is 1. The van der Waals surface area contributed by atoms with E-state index in [0.717, 1.165) is 38.5 Å². The molecule has 3 fully saturated rings. The van der Waals surface area contributed by atoms with Crippen LogP contribution in [0.15, 0.2) is 12.2 Å². The van der Waals surface area contributed by atoms with Crippen molar-refractivity contribution < 1.29 is 29.1 Å². The first-order valence-corrected chi connectivity index (χ1v) is 15.4. The molecule has 11 nitrogen and oxygen atoms in total. The highest BCUT2D eigenvalue weighted by Gasteiger charge is 2.61. The van der Waals surface area contributed by atoms with Gasteiger partial charge in [-0.15, -0.1) is 0 Å². The molecular weight excluding hydrogens is 526 g/mol. The highest BCUT2D eigenvalue weighted by atomic mass is 16.4. The highest BCUT2D eigenvalue weighted by Crippen LogP contribution is 2.45. The predicted octanol–water partition coefficient (Wildman–Crippen LogP) is 2.80. The van der Waals surface area contributed by atoms with Crippen LogP contribution in [0.5, 0.6) is 0 Å². The van der Waals surface area contributed by atoms with E-state index in [0.29, 0.717) is 45.3 Å². The van der Waals surface area contributed by atoms with Crippen LogP contribution in [-0.4, -0.2) is 88.4 Å². The molecule has 1 saturated carbocycles. The summed E-state index contributed by atoms with van der Waals surface area (Å²) in [5.41, 5.74) is -1.33. The molecule has 0 aromatic heterocycles. The summed E-state index contributed by atoms with van der Waals surface area (Å²) in [5, 5.41) is 18.1. The molecule has 4 N–H and O–H groups in total. The van der Waals surface area contributed by atoms with Gasteiger partial charge in [-0.05, 0) is 50.9 Å². The predicted molar refractivity (Wildman–Crippen MR) is 155 cm³/mol. The lowest BCUT2D eigenvalue weighted by Crippen LogP contribution is -2.55. The van der Waals surface area contributed by atoms with Gasteiger partial charge in [-0.2, -0.15) is 0 Å². The molecule has 1 aliphatic carbocycles. The average molecular weight is 576 g/mol. The standard InChI is InChI=1S/C30H49N5O6/c1-4-5-6-7-8-9-13-22-18-30(22,28(39)40)33-27(38)24-14-12-17-35(24)26(37)19-31-29(41)32-23(21(2)3)20-34-16-11-10-15-25(34)36/h9,13,21-24H,4-8,10-12,14-20H2,1-3H3,(H,33,38)(H,39,40)(H2,31,32,41)/b13-9-/t22?,23-,24+,30-/m1/s1. The van der Waals surface area contributed by atoms with E-state index in [1.165, 1.54) is 11.3 Å². The van der Waals surface area contributed by atoms with Crippen molar-refractivity contribution in [3.8, 4) is 0 Å². The number of carbonyl (C=O) groups excluding carboxylic acids is 4. The lowest BCUT2D eigenvalue weighted by Gasteiger charge is -2.32. The Balaban J connectivity index is 1.48. The summed E-state index contributed by atoms with van der Waals surface area (Å²) in [6.07, 6.45) is 13.1. The van der Waals surface area contributed by atoms with E-state index in [2.05, 4.69) is 22.9 Å². The third kappa shape index (κ3) is 8.94. The van der Waals surface area contributed by atoms with Crippen LogP contribution in [0.3, 0.4) is 0 Å². The van der Waals surface area contributed by atoms with Gasteiger partial charge in [0.1, 0.15) is 11.6 Å². The minimum Gasteiger partial charge on any atom is -0.479 e. The number of allylic oxidation sites excluding steroid dienone is 1. The number of hydrogen-bond acceptors (Lipinski definition) is 5. The van der Waals surface area contributed by atoms with E-state index in [4.69, 9.17) is 0 Å². The van der Waals surface area contributed by atoms with E-state index in [1.807, 2.05) is 26.0 Å². The minimum atomic E-state index is -1.33. The van der Waals surface area contributed by atoms with E-state index in [1.54, 1.807) is 4.90 Å². The Morgan fingerprint density at radius 2 is 1.88 bits per heavy atom. The lowest BCUT2D eigenvalue weighted by molar-refractivity contribution is -0.145. The molecule has 11 heteroatoms. The first-order valence-electron chi connectivity index (χ1n) is 15.4. The van der Waals surface area contributed by atoms with Gasteiger partial charge < -0.3 is 30.9 Å². The minimum absolute atomic E-state index is 0.0848. The van der Waals surface area contributed by atoms with Crippen molar-refractivity contribution in [1.82, 2.24) is 25.8 Å². The fraction of sp³-hybridized carbons (Fsp3) is 0.767. The van der Waals surface area contributed by atoms with Crippen LogP contribution >= 0.6 is 0 Å². The van der Waals surface area contributed by atoms with Crippen LogP contribution in [0.25, 0.3) is 0 Å². The first kappa shape index (κ1) is 32.4. The maximum Gasteiger partial charge on any atom is 0.330 e. The molecule has 230 valence electrons. The summed E-state index contributed by atoms with van der Waals surface area (Å²) < 4.78 is 0. The number of likely N-dealkylation sites (tertiary alicyclic amines) is 2. The Labute approximate surface area is 243 Å². The zero-order valence-electron chi connectivity index (χ0n) is 25.0. The molecule has 5 amide bonds. The monoisotopic (exact) mass is 575 g/mol. The fourth-order valence-electron chi connectivity index (χ4n) is 5.75. The number of nitrogens with zero attached hydrogens (tertiary/aromatic N) is 2. The third-order valence-corrected chi connectivity index (χ3v) is 8.57. The van der Waals surface area contributed by atoms with Crippen molar-refractivity contribution in [1.29, 1.82) is 0 Å². The second-order valence-electron chi connectivity index (χ2n) is 12.1. The van der Waals surface area contributed by atoms with Gasteiger partial charge in [-0.3, -0.25) is 14.4 Å². The Hall–Kier alpha value is -3.11. The summed E-state index contributed by atoms with van der Waals surface area (Å²) in [6.45, 7) is 7.28. The van der Waals surface area contributed by atoms with Gasteiger partial charge in [0.15, 0.2) is 0 Å². The van der Waals surface area contributed by atoms with Crippen LogP contribution in [0.4, 0.5) is 4.79 Å². The molecule has 0 aromatic rings. The molecule has 0 aromatic carbocycles. The molecule has 2 heterocycles. The maximum atomic E-state index is 13.2. The Bertz CT molecular complexity index is 984. The van der Waals surface area contributed by atoms with Crippen molar-refractivity contribution in [2.24, 2.45) is 11.8 Å². The number of piperidine rings is 1. The van der Waals surface area contributed by atoms with Gasteiger partial charge in [0.2, 0.25) is 17.7 Å². The van der Waals surface area contributed by atoms with Crippen LogP contribution in [0.1, 0.15) is 91.4 Å². The molecule has 1 unspecified atom stereocenters. The average Bonchev–Trinajstić information content (AvgIpc) is 3.40. The largest absolute Gasteiger partial charge is 0.479 e. The topological polar surface area (TPSA) is 148 Å². The first-order chi connectivity index (χ1) is 19.6. The number of amides is 5. The van der Waals surface area contributed by atoms with Crippen LogP contribution < -0.4 is 16.0 Å². The molecule has 41 heavy (non-hydrogen) atoms. The number of hydrogen-bond donors (Lipinski definition) is 4. The molecule has 0 radical (unpaired) electrons. The number of urea groups is 1. The van der Waals surface area contributed by atoms with Crippen molar-refractivity contribution in [3.05, 3.63) is 12.2 Å². The Morgan fingerprint density at radius 1 is 1.10 bits per heavy atom. The summed E-state index contributed by atoms with van der Waals surface area (Å²) >= 11 is 0. The van der Waals surface area contributed by atoms with Crippen LogP contribution in [0.2, 0.25) is 0 Å². The summed E-state index contributed by atoms with van der Waals surface area (Å²) in [4.78, 5) is 66.3. The number of rotatable bonds is 15. The van der Waals surface area contributed by atoms with Crippen molar-refractivity contribution in [3.63, 3.8) is 0 Å². The van der Waals surface area contributed by atoms with E-state index < -0.39 is 35.4 Å². The lowest BCUT2D eigenvalue weighted by atomic mass is 10.0. The Kier molecular flexibility index (Phi) is 12.0. The molecule has 3 aliphatic rings. The summed E-state index contributed by atoms with van der Waals surface area (Å²) in [7, 11) is 0. The number of nitrogens with one attached hydrogen (secondary N) is 3.